The quantitative estimate of drug-likeness (QED) is 0.208. The molecule has 4 fully saturated rings. The SMILES string of the molecule is c1ccc(C23CCC4(c5ccccc5)CC(c5ccccc5)(C2)CC(n2c5ccccc5c5ccccc52)(C3)C4)cc1. The van der Waals surface area contributed by atoms with Gasteiger partial charge < -0.3 is 4.57 Å². The minimum Gasteiger partial charge on any atom is -0.334 e. The molecule has 2 unspecified atom stereocenters. The summed E-state index contributed by atoms with van der Waals surface area (Å²) in [6.07, 6.45) is 8.49. The van der Waals surface area contributed by atoms with Crippen LogP contribution in [-0.2, 0) is 21.8 Å². The van der Waals surface area contributed by atoms with Gasteiger partial charge in [0.25, 0.3) is 0 Å². The van der Waals surface area contributed by atoms with Crippen molar-refractivity contribution in [3.63, 3.8) is 0 Å². The average molecular weight is 544 g/mol. The van der Waals surface area contributed by atoms with Gasteiger partial charge in [0.05, 0.1) is 0 Å². The minimum atomic E-state index is -0.0166. The lowest BCUT2D eigenvalue weighted by Crippen LogP contribution is -2.59. The van der Waals surface area contributed by atoms with Gasteiger partial charge in [-0.1, -0.05) is 127 Å². The number of aromatic nitrogens is 1. The molecule has 0 amide bonds. The molecule has 0 N–H and O–H groups in total. The van der Waals surface area contributed by atoms with Gasteiger partial charge in [-0.3, -0.25) is 0 Å². The van der Waals surface area contributed by atoms with Crippen LogP contribution in [0.5, 0.6) is 0 Å². The topological polar surface area (TPSA) is 4.93 Å². The van der Waals surface area contributed by atoms with Crippen molar-refractivity contribution >= 4 is 21.8 Å². The highest BCUT2D eigenvalue weighted by Crippen LogP contribution is 2.71. The van der Waals surface area contributed by atoms with Gasteiger partial charge in [0.2, 0.25) is 0 Å². The highest BCUT2D eigenvalue weighted by atomic mass is 15.1. The van der Waals surface area contributed by atoms with Crippen molar-refractivity contribution in [2.24, 2.45) is 0 Å². The van der Waals surface area contributed by atoms with Gasteiger partial charge in [-0.25, -0.2) is 0 Å². The lowest BCUT2D eigenvalue weighted by atomic mass is 9.45. The zero-order valence-electron chi connectivity index (χ0n) is 24.2. The van der Waals surface area contributed by atoms with E-state index < -0.39 is 0 Å². The molecular weight excluding hydrogens is 506 g/mol. The number of fused-ring (bicyclic) bond motifs is 4. The van der Waals surface area contributed by atoms with E-state index in [1.54, 1.807) is 11.1 Å². The van der Waals surface area contributed by atoms with Gasteiger partial charge in [-0.15, -0.1) is 0 Å². The van der Waals surface area contributed by atoms with Crippen molar-refractivity contribution in [2.75, 3.05) is 0 Å². The van der Waals surface area contributed by atoms with Crippen LogP contribution in [0.15, 0.2) is 140 Å². The Morgan fingerprint density at radius 3 is 1.17 bits per heavy atom. The fraction of sp³-hybridized carbons (Fsp3) is 0.268. The molecule has 1 aromatic heterocycles. The lowest BCUT2D eigenvalue weighted by molar-refractivity contribution is -0.000498. The maximum absolute atomic E-state index is 2.86. The molecule has 6 aromatic rings. The summed E-state index contributed by atoms with van der Waals surface area (Å²) in [6.45, 7) is 0. The second kappa shape index (κ2) is 8.71. The van der Waals surface area contributed by atoms with Gasteiger partial charge in [0.1, 0.15) is 0 Å². The van der Waals surface area contributed by atoms with Crippen LogP contribution in [0.1, 0.15) is 61.6 Å². The van der Waals surface area contributed by atoms with Crippen LogP contribution in [0.4, 0.5) is 0 Å². The molecule has 5 aromatic carbocycles. The van der Waals surface area contributed by atoms with Crippen molar-refractivity contribution in [1.82, 2.24) is 4.57 Å². The molecule has 4 aliphatic carbocycles. The molecule has 4 bridgehead atoms. The Labute approximate surface area is 248 Å². The van der Waals surface area contributed by atoms with E-state index in [-0.39, 0.29) is 21.8 Å². The van der Waals surface area contributed by atoms with Crippen LogP contribution < -0.4 is 0 Å². The van der Waals surface area contributed by atoms with Crippen LogP contribution in [0.3, 0.4) is 0 Å². The molecule has 10 rings (SSSR count). The molecule has 4 saturated carbocycles. The largest absolute Gasteiger partial charge is 0.334 e. The monoisotopic (exact) mass is 543 g/mol. The lowest BCUT2D eigenvalue weighted by Gasteiger charge is -2.62. The summed E-state index contributed by atoms with van der Waals surface area (Å²) >= 11 is 0. The molecular formula is C41H37N. The summed E-state index contributed by atoms with van der Waals surface area (Å²) in [4.78, 5) is 0. The number of rotatable bonds is 4. The molecule has 42 heavy (non-hydrogen) atoms. The number of hydrogen-bond acceptors (Lipinski definition) is 0. The van der Waals surface area contributed by atoms with E-state index in [9.17, 15) is 0 Å². The van der Waals surface area contributed by atoms with Gasteiger partial charge in [-0.2, -0.15) is 0 Å². The Bertz CT molecular complexity index is 1810. The Balaban J connectivity index is 1.41. The summed E-state index contributed by atoms with van der Waals surface area (Å²) in [7, 11) is 0. The van der Waals surface area contributed by atoms with Gasteiger partial charge in [-0.05, 0) is 90.0 Å². The Kier molecular flexibility index (Phi) is 5.08. The maximum Gasteiger partial charge on any atom is 0.0496 e. The normalized spacial score (nSPS) is 30.1. The van der Waals surface area contributed by atoms with E-state index in [1.807, 2.05) is 0 Å². The Hall–Kier alpha value is -4.10. The Morgan fingerprint density at radius 2 is 0.714 bits per heavy atom. The molecule has 1 heterocycles. The van der Waals surface area contributed by atoms with E-state index in [2.05, 4.69) is 144 Å². The van der Waals surface area contributed by atoms with Crippen molar-refractivity contribution in [3.8, 4) is 0 Å². The summed E-state index contributed by atoms with van der Waals surface area (Å²) in [6, 6.07) is 53.3. The standard InChI is InChI=1S/C41H37N/c1-4-14-31(15-5-1)38-24-25-39(32-16-6-2-7-17-32)27-40(26-38,33-18-8-3-9-19-33)30-41(28-38,29-39)42-36-22-12-10-20-34(36)35-21-11-13-23-37(35)42/h1-23H,24-30H2. The van der Waals surface area contributed by atoms with Crippen molar-refractivity contribution in [2.45, 2.75) is 66.7 Å². The van der Waals surface area contributed by atoms with Crippen LogP contribution in [-0.4, -0.2) is 4.57 Å². The van der Waals surface area contributed by atoms with E-state index in [0.717, 1.165) is 0 Å². The predicted octanol–water partition coefficient (Wildman–Crippen LogP) is 10.1. The van der Waals surface area contributed by atoms with Crippen LogP contribution in [0.2, 0.25) is 0 Å². The number of benzene rings is 5. The number of nitrogens with zero attached hydrogens (tertiary/aromatic N) is 1. The highest BCUT2D eigenvalue weighted by molar-refractivity contribution is 6.08. The van der Waals surface area contributed by atoms with E-state index in [1.165, 1.54) is 72.3 Å². The van der Waals surface area contributed by atoms with Crippen molar-refractivity contribution in [3.05, 3.63) is 156 Å². The summed E-state index contributed by atoms with van der Waals surface area (Å²) in [5.41, 5.74) is 7.73. The predicted molar refractivity (Wildman–Crippen MR) is 174 cm³/mol. The van der Waals surface area contributed by atoms with Gasteiger partial charge in [0.15, 0.2) is 0 Å². The number of para-hydroxylation sites is 2. The molecule has 4 aliphatic rings. The third kappa shape index (κ3) is 3.31. The zero-order chi connectivity index (χ0) is 27.8. The first kappa shape index (κ1) is 24.5. The van der Waals surface area contributed by atoms with Gasteiger partial charge >= 0.3 is 0 Å². The second-order valence-electron chi connectivity index (χ2n) is 13.9. The molecule has 206 valence electrons. The molecule has 1 nitrogen and oxygen atoms in total. The third-order valence-electron chi connectivity index (χ3n) is 11.7. The molecule has 0 aliphatic heterocycles. The molecule has 0 saturated heterocycles. The van der Waals surface area contributed by atoms with E-state index in [0.29, 0.717) is 0 Å². The Morgan fingerprint density at radius 1 is 0.357 bits per heavy atom. The molecule has 0 spiro atoms. The highest BCUT2D eigenvalue weighted by Gasteiger charge is 2.66. The minimum absolute atomic E-state index is 0.0166. The first-order valence-electron chi connectivity index (χ1n) is 15.8. The average Bonchev–Trinajstić information content (AvgIpc) is 3.29. The van der Waals surface area contributed by atoms with E-state index in [4.69, 9.17) is 0 Å². The first-order valence-corrected chi connectivity index (χ1v) is 15.8. The third-order valence-corrected chi connectivity index (χ3v) is 11.7. The zero-order valence-corrected chi connectivity index (χ0v) is 24.2. The molecule has 2 atom stereocenters. The van der Waals surface area contributed by atoms with Crippen molar-refractivity contribution < 1.29 is 0 Å². The summed E-state index contributed by atoms with van der Waals surface area (Å²) in [5.74, 6) is 0. The van der Waals surface area contributed by atoms with Gasteiger partial charge in [0, 0.05) is 27.3 Å². The smallest absolute Gasteiger partial charge is 0.0496 e. The van der Waals surface area contributed by atoms with Crippen LogP contribution in [0, 0.1) is 0 Å². The maximum atomic E-state index is 2.86. The fourth-order valence-electron chi connectivity index (χ4n) is 10.6. The summed E-state index contributed by atoms with van der Waals surface area (Å²) < 4.78 is 2.86. The first-order chi connectivity index (χ1) is 20.6. The number of hydrogen-bond donors (Lipinski definition) is 0. The second-order valence-corrected chi connectivity index (χ2v) is 13.9. The van der Waals surface area contributed by atoms with Crippen LogP contribution in [0.25, 0.3) is 21.8 Å². The summed E-state index contributed by atoms with van der Waals surface area (Å²) in [5, 5.41) is 2.78. The molecule has 1 heteroatoms. The van der Waals surface area contributed by atoms with Crippen LogP contribution >= 0.6 is 0 Å². The van der Waals surface area contributed by atoms with E-state index >= 15 is 0 Å². The van der Waals surface area contributed by atoms with Crippen molar-refractivity contribution in [1.29, 1.82) is 0 Å². The fourth-order valence-corrected chi connectivity index (χ4v) is 10.6. The molecule has 0 radical (unpaired) electrons.